The van der Waals surface area contributed by atoms with Crippen LogP contribution in [0, 0.1) is 25.2 Å². The summed E-state index contributed by atoms with van der Waals surface area (Å²) in [6.45, 7) is 3.15. The Morgan fingerprint density at radius 1 is 0.632 bits per heavy atom. The zero-order valence-electron chi connectivity index (χ0n) is 32.2. The number of nitrogens with zero attached hydrogens (tertiary/aromatic N) is 1. The molecule has 0 saturated carbocycles. The summed E-state index contributed by atoms with van der Waals surface area (Å²) < 4.78 is 74.4. The highest BCUT2D eigenvalue weighted by atomic mass is 32.2. The zero-order valence-corrected chi connectivity index (χ0v) is 33.8. The molecule has 0 aliphatic rings. The number of nitrogens with one attached hydrogen (secondary N) is 4. The minimum atomic E-state index is -3.75. The van der Waals surface area contributed by atoms with E-state index in [1.807, 2.05) is 6.07 Å². The Labute approximate surface area is 330 Å². The van der Waals surface area contributed by atoms with E-state index in [1.165, 1.54) is 37.4 Å². The second kappa shape index (κ2) is 21.2. The lowest BCUT2D eigenvalue weighted by Crippen LogP contribution is -2.23. The Hall–Kier alpha value is -6.23. The molecule has 0 spiro atoms. The normalized spacial score (nSPS) is 10.7. The first-order valence-corrected chi connectivity index (χ1v) is 19.6. The Bertz CT molecular complexity index is 2530. The molecule has 0 saturated heterocycles. The maximum atomic E-state index is 12.5. The van der Waals surface area contributed by atoms with Gasteiger partial charge in [-0.25, -0.2) is 22.3 Å². The number of furan rings is 2. The summed E-state index contributed by atoms with van der Waals surface area (Å²) >= 11 is 0. The van der Waals surface area contributed by atoms with Gasteiger partial charge in [0.05, 0.1) is 34.1 Å². The molecular formula is C39H43N5O11S2. The maximum absolute atomic E-state index is 12.5. The molecule has 4 aromatic carbocycles. The number of hydrogen-bond acceptors (Lipinski definition) is 12. The number of hydrogen-bond donors (Lipinski definition) is 4. The van der Waals surface area contributed by atoms with Gasteiger partial charge in [-0.15, -0.1) is 0 Å². The van der Waals surface area contributed by atoms with Gasteiger partial charge in [0.15, 0.2) is 0 Å². The van der Waals surface area contributed by atoms with E-state index in [-0.39, 0.29) is 27.5 Å². The number of fused-ring (bicyclic) bond motifs is 2. The van der Waals surface area contributed by atoms with Gasteiger partial charge in [-0.3, -0.25) is 23.9 Å². The van der Waals surface area contributed by atoms with E-state index in [0.717, 1.165) is 0 Å². The number of methoxy groups -OCH3 is 2. The fourth-order valence-corrected chi connectivity index (χ4v) is 7.25. The molecule has 0 bridgehead atoms. The van der Waals surface area contributed by atoms with Crippen molar-refractivity contribution in [2.45, 2.75) is 23.6 Å². The molecule has 18 heteroatoms. The molecule has 16 nitrogen and oxygen atoms in total. The number of nitriles is 1. The molecular weight excluding hydrogens is 779 g/mol. The van der Waals surface area contributed by atoms with E-state index in [0.29, 0.717) is 44.8 Å². The van der Waals surface area contributed by atoms with Crippen LogP contribution >= 0.6 is 0 Å². The van der Waals surface area contributed by atoms with E-state index in [2.05, 4.69) is 34.6 Å². The first-order chi connectivity index (χ1) is 27.2. The lowest BCUT2D eigenvalue weighted by atomic mass is 10.1. The molecule has 2 heterocycles. The number of ether oxygens (including phenoxy) is 2. The Morgan fingerprint density at radius 3 is 1.39 bits per heavy atom. The number of benzene rings is 4. The van der Waals surface area contributed by atoms with Crippen molar-refractivity contribution in [2.75, 3.05) is 51.5 Å². The van der Waals surface area contributed by atoms with Crippen LogP contribution in [0.2, 0.25) is 0 Å². The smallest absolute Gasteiger partial charge is 0.279 e. The molecule has 0 fully saturated rings. The molecule has 2 amide bonds. The number of carbonyl (C=O) groups is 2. The van der Waals surface area contributed by atoms with Crippen LogP contribution in [0.25, 0.3) is 21.9 Å². The molecule has 302 valence electrons. The van der Waals surface area contributed by atoms with E-state index in [1.54, 1.807) is 109 Å². The maximum Gasteiger partial charge on any atom is 0.279 e. The number of aryl methyl sites for hydroxylation is 2. The standard InChI is InChI=1S/C18H15N3O4S.C17H16N2O5S.2C2H6O/c1-12-17(18(22)20-10-9-19)15-11-13(7-8-16(15)25-12)21-26(23,24)14-5-3-2-4-6-14;1-11-16(17(20)18-23-2)14-10-12(8-9-15(14)24-11)19-25(21,22)13-6-4-3-5-7-13;2*1-3-2/h2-8,11,21H,10H2,1H3,(H,20,22);3-10,19H,1-2H3,(H,18,20);2*1-2H3. The summed E-state index contributed by atoms with van der Waals surface area (Å²) in [5.74, 6) is -0.126. The van der Waals surface area contributed by atoms with Crippen LogP contribution < -0.4 is 20.2 Å². The lowest BCUT2D eigenvalue weighted by molar-refractivity contribution is 0.0537. The fraction of sp³-hybridized carbons (Fsp3) is 0.205. The van der Waals surface area contributed by atoms with Crippen molar-refractivity contribution in [3.8, 4) is 6.07 Å². The molecule has 0 atom stereocenters. The van der Waals surface area contributed by atoms with Gasteiger partial charge < -0.3 is 23.6 Å². The summed E-state index contributed by atoms with van der Waals surface area (Å²) in [7, 11) is 0.357. The van der Waals surface area contributed by atoms with Crippen LogP contribution in [0.5, 0.6) is 0 Å². The Morgan fingerprint density at radius 2 is 1.02 bits per heavy atom. The molecule has 0 radical (unpaired) electrons. The van der Waals surface area contributed by atoms with Gasteiger partial charge in [-0.2, -0.15) is 5.26 Å². The van der Waals surface area contributed by atoms with Gasteiger partial charge in [0.25, 0.3) is 31.9 Å². The number of sulfonamides is 2. The number of anilines is 2. The summed E-state index contributed by atoms with van der Waals surface area (Å²) in [6.07, 6.45) is 0. The third-order valence-corrected chi connectivity index (χ3v) is 10.1. The van der Waals surface area contributed by atoms with Crippen LogP contribution in [0.4, 0.5) is 11.4 Å². The van der Waals surface area contributed by atoms with Crippen LogP contribution in [-0.4, -0.2) is 70.7 Å². The second-order valence-electron chi connectivity index (χ2n) is 11.6. The van der Waals surface area contributed by atoms with Crippen molar-refractivity contribution in [1.82, 2.24) is 10.8 Å². The SMILES string of the molecule is COC.COC.CONC(=O)c1c(C)oc2ccc(NS(=O)(=O)c3ccccc3)cc12.Cc1oc2ccc(NS(=O)(=O)c3ccccc3)cc2c1C(=O)NCC#N. The lowest BCUT2D eigenvalue weighted by Gasteiger charge is -2.08. The fourth-order valence-electron chi connectivity index (χ4n) is 5.11. The first-order valence-electron chi connectivity index (χ1n) is 16.7. The molecule has 0 unspecified atom stereocenters. The molecule has 4 N–H and O–H groups in total. The number of rotatable bonds is 10. The van der Waals surface area contributed by atoms with Crippen molar-refractivity contribution in [3.05, 3.63) is 120 Å². The summed E-state index contributed by atoms with van der Waals surface area (Å²) in [5.41, 5.74) is 4.35. The van der Waals surface area contributed by atoms with Crippen molar-refractivity contribution in [2.24, 2.45) is 0 Å². The predicted molar refractivity (Wildman–Crippen MR) is 215 cm³/mol. The van der Waals surface area contributed by atoms with Gasteiger partial charge in [-0.1, -0.05) is 36.4 Å². The summed E-state index contributed by atoms with van der Waals surface area (Å²) in [5, 5.41) is 12.0. The highest BCUT2D eigenvalue weighted by molar-refractivity contribution is 7.93. The van der Waals surface area contributed by atoms with Crippen LogP contribution in [-0.2, 0) is 34.4 Å². The second-order valence-corrected chi connectivity index (χ2v) is 15.0. The molecule has 2 aromatic heterocycles. The average Bonchev–Trinajstić information content (AvgIpc) is 3.69. The minimum absolute atomic E-state index is 0.134. The number of carbonyl (C=O) groups excluding carboxylic acids is 2. The molecule has 6 aromatic rings. The van der Waals surface area contributed by atoms with E-state index in [9.17, 15) is 26.4 Å². The van der Waals surface area contributed by atoms with Crippen molar-refractivity contribution < 1.29 is 49.6 Å². The molecule has 0 aliphatic heterocycles. The van der Waals surface area contributed by atoms with Gasteiger partial charge in [0.2, 0.25) is 0 Å². The van der Waals surface area contributed by atoms with Crippen LogP contribution in [0.1, 0.15) is 32.2 Å². The Kier molecular flexibility index (Phi) is 16.8. The van der Waals surface area contributed by atoms with Crippen molar-refractivity contribution in [1.29, 1.82) is 5.26 Å². The van der Waals surface area contributed by atoms with E-state index in [4.69, 9.17) is 14.1 Å². The van der Waals surface area contributed by atoms with Crippen molar-refractivity contribution in [3.63, 3.8) is 0 Å². The third-order valence-electron chi connectivity index (χ3n) is 7.32. The predicted octanol–water partition coefficient (Wildman–Crippen LogP) is 6.15. The number of amides is 2. The zero-order chi connectivity index (χ0) is 42.2. The van der Waals surface area contributed by atoms with Gasteiger partial charge >= 0.3 is 0 Å². The van der Waals surface area contributed by atoms with Gasteiger partial charge in [0, 0.05) is 50.6 Å². The Balaban J connectivity index is 0.000000269. The highest BCUT2D eigenvalue weighted by Crippen LogP contribution is 2.30. The largest absolute Gasteiger partial charge is 0.461 e. The highest BCUT2D eigenvalue weighted by Gasteiger charge is 2.22. The van der Waals surface area contributed by atoms with Crippen LogP contribution in [0.15, 0.2) is 116 Å². The topological polar surface area (TPSA) is 228 Å². The van der Waals surface area contributed by atoms with Gasteiger partial charge in [-0.05, 0) is 74.5 Å². The van der Waals surface area contributed by atoms with Crippen LogP contribution in [0.3, 0.4) is 0 Å². The molecule has 6 rings (SSSR count). The van der Waals surface area contributed by atoms with E-state index >= 15 is 0 Å². The number of hydroxylamine groups is 1. The first kappa shape index (κ1) is 45.2. The summed E-state index contributed by atoms with van der Waals surface area (Å²) in [6, 6.07) is 27.2. The average molecular weight is 822 g/mol. The monoisotopic (exact) mass is 821 g/mol. The third kappa shape index (κ3) is 12.1. The minimum Gasteiger partial charge on any atom is -0.461 e. The molecule has 0 aliphatic carbocycles. The summed E-state index contributed by atoms with van der Waals surface area (Å²) in [4.78, 5) is 29.3. The van der Waals surface area contributed by atoms with Crippen molar-refractivity contribution >= 4 is 65.2 Å². The van der Waals surface area contributed by atoms with Gasteiger partial charge in [0.1, 0.15) is 29.2 Å². The molecule has 57 heavy (non-hydrogen) atoms. The van der Waals surface area contributed by atoms with E-state index < -0.39 is 31.9 Å². The quantitative estimate of drug-likeness (QED) is 0.0901.